The van der Waals surface area contributed by atoms with Gasteiger partial charge in [0.2, 0.25) is 5.88 Å². The Hall–Kier alpha value is -2.46. The topological polar surface area (TPSA) is 45.4 Å². The summed E-state index contributed by atoms with van der Waals surface area (Å²) in [5.41, 5.74) is 1.78. The first kappa shape index (κ1) is 15.1. The van der Waals surface area contributed by atoms with Crippen molar-refractivity contribution < 1.29 is 13.9 Å². The second-order valence-electron chi connectivity index (χ2n) is 5.92. The van der Waals surface area contributed by atoms with E-state index in [2.05, 4.69) is 5.32 Å². The molecule has 0 aliphatic heterocycles. The van der Waals surface area contributed by atoms with Gasteiger partial charge >= 0.3 is 0 Å². The van der Waals surface area contributed by atoms with Crippen molar-refractivity contribution in [3.63, 3.8) is 0 Å². The van der Waals surface area contributed by atoms with Crippen LogP contribution in [0.1, 0.15) is 12.8 Å². The number of rotatable bonds is 4. The Morgan fingerprint density at radius 2 is 1.83 bits per heavy atom. The third kappa shape index (κ3) is 2.85. The number of hydrogen-bond donors (Lipinski definition) is 2. The summed E-state index contributed by atoms with van der Waals surface area (Å²) in [6, 6.07) is 13.5. The molecular formula is C19H15ClFNO2. The third-order valence-corrected chi connectivity index (χ3v) is 4.23. The first-order chi connectivity index (χ1) is 11.6. The van der Waals surface area contributed by atoms with E-state index >= 15 is 0 Å². The van der Waals surface area contributed by atoms with E-state index in [-0.39, 0.29) is 17.3 Å². The molecule has 2 N–H and O–H groups in total. The Bertz CT molecular complexity index is 902. The van der Waals surface area contributed by atoms with Crippen LogP contribution in [0.3, 0.4) is 0 Å². The van der Waals surface area contributed by atoms with Gasteiger partial charge in [-0.2, -0.15) is 0 Å². The monoisotopic (exact) mass is 343 g/mol. The maximum absolute atomic E-state index is 13.5. The number of nitrogens with one attached hydrogen (secondary N) is 1. The molecule has 0 spiro atoms. The Labute approximate surface area is 143 Å². The molecule has 0 atom stereocenters. The van der Waals surface area contributed by atoms with E-state index in [0.717, 1.165) is 18.4 Å². The molecule has 0 radical (unpaired) electrons. The highest BCUT2D eigenvalue weighted by Crippen LogP contribution is 2.47. The van der Waals surface area contributed by atoms with Crippen LogP contribution in [0.2, 0.25) is 5.02 Å². The van der Waals surface area contributed by atoms with Crippen LogP contribution in [0, 0.1) is 5.82 Å². The van der Waals surface area contributed by atoms with Crippen LogP contribution in [0.25, 0.3) is 22.5 Å². The molecule has 1 aliphatic rings. The molecule has 1 aromatic heterocycles. The smallest absolute Gasteiger partial charge is 0.205 e. The standard InChI is InChI=1S/C19H15ClFNO2/c20-13-5-1-3-11(9-13)16-17(23)18(12-4-2-6-14(21)10-12)24-19(16)22-15-7-8-15/h1-6,9-10,15,22-23H,7-8H2. The van der Waals surface area contributed by atoms with E-state index in [1.165, 1.54) is 12.1 Å². The van der Waals surface area contributed by atoms with Gasteiger partial charge in [0.1, 0.15) is 5.82 Å². The van der Waals surface area contributed by atoms with Crippen molar-refractivity contribution in [2.75, 3.05) is 5.32 Å². The maximum atomic E-state index is 13.5. The van der Waals surface area contributed by atoms with Crippen molar-refractivity contribution in [1.82, 2.24) is 0 Å². The number of benzene rings is 2. The number of furan rings is 1. The lowest BCUT2D eigenvalue weighted by molar-refractivity contribution is 0.466. The maximum Gasteiger partial charge on any atom is 0.205 e. The van der Waals surface area contributed by atoms with Crippen LogP contribution in [0.4, 0.5) is 10.3 Å². The predicted molar refractivity (Wildman–Crippen MR) is 92.9 cm³/mol. The first-order valence-electron chi connectivity index (χ1n) is 7.76. The zero-order chi connectivity index (χ0) is 16.7. The van der Waals surface area contributed by atoms with E-state index in [9.17, 15) is 9.50 Å². The van der Waals surface area contributed by atoms with Gasteiger partial charge in [-0.1, -0.05) is 35.9 Å². The second kappa shape index (κ2) is 5.87. The summed E-state index contributed by atoms with van der Waals surface area (Å²) < 4.78 is 19.4. The van der Waals surface area contributed by atoms with Crippen LogP contribution < -0.4 is 5.32 Å². The fourth-order valence-electron chi connectivity index (χ4n) is 2.67. The van der Waals surface area contributed by atoms with Gasteiger partial charge in [-0.3, -0.25) is 0 Å². The average Bonchev–Trinajstić information content (AvgIpc) is 3.30. The molecule has 24 heavy (non-hydrogen) atoms. The quantitative estimate of drug-likeness (QED) is 0.640. The minimum Gasteiger partial charge on any atom is -0.504 e. The van der Waals surface area contributed by atoms with Crippen LogP contribution in [-0.2, 0) is 0 Å². The van der Waals surface area contributed by atoms with Crippen LogP contribution >= 0.6 is 11.6 Å². The normalized spacial score (nSPS) is 13.9. The minimum absolute atomic E-state index is 0.0222. The van der Waals surface area contributed by atoms with Gasteiger partial charge in [-0.05, 0) is 42.7 Å². The molecule has 2 aromatic carbocycles. The lowest BCUT2D eigenvalue weighted by Gasteiger charge is -2.05. The van der Waals surface area contributed by atoms with E-state index in [4.69, 9.17) is 16.0 Å². The number of aromatic hydroxyl groups is 1. The van der Waals surface area contributed by atoms with Gasteiger partial charge in [-0.25, -0.2) is 4.39 Å². The van der Waals surface area contributed by atoms with E-state index < -0.39 is 0 Å². The van der Waals surface area contributed by atoms with Crippen LogP contribution in [0.15, 0.2) is 52.9 Å². The number of hydrogen-bond acceptors (Lipinski definition) is 3. The molecule has 122 valence electrons. The van der Waals surface area contributed by atoms with Gasteiger partial charge < -0.3 is 14.8 Å². The summed E-state index contributed by atoms with van der Waals surface area (Å²) in [6.45, 7) is 0. The Morgan fingerprint density at radius 1 is 1.08 bits per heavy atom. The molecule has 1 fully saturated rings. The van der Waals surface area contributed by atoms with Crippen molar-refractivity contribution in [1.29, 1.82) is 0 Å². The molecule has 1 heterocycles. The van der Waals surface area contributed by atoms with Gasteiger partial charge in [-0.15, -0.1) is 0 Å². The van der Waals surface area contributed by atoms with Crippen molar-refractivity contribution >= 4 is 17.5 Å². The fraction of sp³-hybridized carbons (Fsp3) is 0.158. The number of anilines is 1. The van der Waals surface area contributed by atoms with Crippen molar-refractivity contribution in [2.45, 2.75) is 18.9 Å². The van der Waals surface area contributed by atoms with Gasteiger partial charge in [0.15, 0.2) is 11.5 Å². The highest BCUT2D eigenvalue weighted by molar-refractivity contribution is 6.30. The Morgan fingerprint density at radius 3 is 2.54 bits per heavy atom. The molecular weight excluding hydrogens is 329 g/mol. The molecule has 4 rings (SSSR count). The first-order valence-corrected chi connectivity index (χ1v) is 8.14. The summed E-state index contributed by atoms with van der Waals surface area (Å²) in [7, 11) is 0. The highest BCUT2D eigenvalue weighted by atomic mass is 35.5. The third-order valence-electron chi connectivity index (χ3n) is 4.00. The molecule has 0 saturated heterocycles. The predicted octanol–water partition coefficient (Wildman–Crippen LogP) is 5.69. The molecule has 5 heteroatoms. The SMILES string of the molecule is Oc1c(-c2cccc(F)c2)oc(NC2CC2)c1-c1cccc(Cl)c1. The molecule has 0 unspecified atom stereocenters. The van der Waals surface area contributed by atoms with Crippen LogP contribution in [-0.4, -0.2) is 11.1 Å². The summed E-state index contributed by atoms with van der Waals surface area (Å²) in [5, 5.41) is 14.6. The molecule has 0 bridgehead atoms. The van der Waals surface area contributed by atoms with Crippen LogP contribution in [0.5, 0.6) is 5.75 Å². The largest absolute Gasteiger partial charge is 0.504 e. The average molecular weight is 344 g/mol. The number of halogens is 2. The van der Waals surface area contributed by atoms with Gasteiger partial charge in [0.25, 0.3) is 0 Å². The zero-order valence-electron chi connectivity index (χ0n) is 12.7. The summed E-state index contributed by atoms with van der Waals surface area (Å²) >= 11 is 6.08. The summed E-state index contributed by atoms with van der Waals surface area (Å²) in [5.74, 6) is 0.319. The van der Waals surface area contributed by atoms with E-state index in [1.54, 1.807) is 24.3 Å². The lowest BCUT2D eigenvalue weighted by atomic mass is 10.0. The molecule has 3 aromatic rings. The molecule has 3 nitrogen and oxygen atoms in total. The summed E-state index contributed by atoms with van der Waals surface area (Å²) in [6.07, 6.45) is 2.12. The highest BCUT2D eigenvalue weighted by Gasteiger charge is 2.28. The van der Waals surface area contributed by atoms with Crippen molar-refractivity contribution in [2.24, 2.45) is 0 Å². The molecule has 1 aliphatic carbocycles. The zero-order valence-corrected chi connectivity index (χ0v) is 13.5. The lowest BCUT2D eigenvalue weighted by Crippen LogP contribution is -2.00. The van der Waals surface area contributed by atoms with Gasteiger partial charge in [0, 0.05) is 16.6 Å². The Balaban J connectivity index is 1.87. The summed E-state index contributed by atoms with van der Waals surface area (Å²) in [4.78, 5) is 0. The fourth-order valence-corrected chi connectivity index (χ4v) is 2.86. The van der Waals surface area contributed by atoms with Crippen molar-refractivity contribution in [3.8, 4) is 28.2 Å². The van der Waals surface area contributed by atoms with Gasteiger partial charge in [0.05, 0.1) is 5.56 Å². The van der Waals surface area contributed by atoms with E-state index in [1.807, 2.05) is 12.1 Å². The minimum atomic E-state index is -0.385. The van der Waals surface area contributed by atoms with Crippen molar-refractivity contribution in [3.05, 3.63) is 59.4 Å². The Kier molecular flexibility index (Phi) is 3.69. The van der Waals surface area contributed by atoms with E-state index in [0.29, 0.717) is 28.1 Å². The molecule has 1 saturated carbocycles. The molecule has 0 amide bonds. The second-order valence-corrected chi connectivity index (χ2v) is 6.36.